The van der Waals surface area contributed by atoms with Gasteiger partial charge in [-0.25, -0.2) is 13.1 Å². The van der Waals surface area contributed by atoms with E-state index in [4.69, 9.17) is 16.3 Å². The van der Waals surface area contributed by atoms with Gasteiger partial charge >= 0.3 is 0 Å². The maximum Gasteiger partial charge on any atom is 0.237 e. The molecule has 0 spiro atoms. The van der Waals surface area contributed by atoms with Crippen molar-refractivity contribution in [2.45, 2.75) is 13.0 Å². The molecule has 0 aliphatic heterocycles. The predicted octanol–water partition coefficient (Wildman–Crippen LogP) is 2.06. The third-order valence-corrected chi connectivity index (χ3v) is 4.35. The average Bonchev–Trinajstić information content (AvgIpc) is 3.11. The highest BCUT2D eigenvalue weighted by molar-refractivity contribution is 7.93. The number of rotatable bonds is 5. The topological polar surface area (TPSA) is 55.4 Å². The Labute approximate surface area is 105 Å². The van der Waals surface area contributed by atoms with Crippen LogP contribution in [0.2, 0.25) is 5.02 Å². The molecule has 0 aromatic heterocycles. The first kappa shape index (κ1) is 12.4. The molecule has 1 aromatic rings. The summed E-state index contributed by atoms with van der Waals surface area (Å²) >= 11 is 6.00. The first-order valence-electron chi connectivity index (χ1n) is 5.04. The molecule has 17 heavy (non-hydrogen) atoms. The van der Waals surface area contributed by atoms with Crippen LogP contribution >= 0.6 is 11.6 Å². The summed E-state index contributed by atoms with van der Waals surface area (Å²) in [7, 11) is -1.81. The van der Waals surface area contributed by atoms with Crippen molar-refractivity contribution in [3.8, 4) is 5.75 Å². The third-order valence-electron chi connectivity index (χ3n) is 2.45. The van der Waals surface area contributed by atoms with Gasteiger partial charge < -0.3 is 4.74 Å². The largest absolute Gasteiger partial charge is 0.496 e. The van der Waals surface area contributed by atoms with E-state index in [1.807, 2.05) is 0 Å². The molecule has 0 saturated carbocycles. The number of benzene rings is 1. The minimum absolute atomic E-state index is 0.127. The number of hydrogen-bond donors (Lipinski definition) is 1. The summed E-state index contributed by atoms with van der Waals surface area (Å²) in [5.41, 5.74) is 0.640. The van der Waals surface area contributed by atoms with Crippen LogP contribution in [0.25, 0.3) is 0 Å². The second-order valence-electron chi connectivity index (χ2n) is 3.62. The first-order chi connectivity index (χ1) is 8.04. The lowest BCUT2D eigenvalue weighted by Gasteiger charge is -2.10. The van der Waals surface area contributed by atoms with Crippen LogP contribution in [-0.4, -0.2) is 15.5 Å². The summed E-state index contributed by atoms with van der Waals surface area (Å²) in [6.07, 6.45) is 2.20. The van der Waals surface area contributed by atoms with E-state index in [0.29, 0.717) is 27.7 Å². The van der Waals surface area contributed by atoms with Crippen molar-refractivity contribution in [2.24, 2.45) is 0 Å². The van der Waals surface area contributed by atoms with E-state index < -0.39 is 10.0 Å². The van der Waals surface area contributed by atoms with Gasteiger partial charge in [-0.15, -0.1) is 0 Å². The number of allylic oxidation sites excluding steroid dienone is 2. The smallest absolute Gasteiger partial charge is 0.237 e. The van der Waals surface area contributed by atoms with E-state index >= 15 is 0 Å². The molecule has 6 heteroatoms. The minimum atomic E-state index is -3.33. The first-order valence-corrected chi connectivity index (χ1v) is 6.91. The lowest BCUT2D eigenvalue weighted by atomic mass is 10.2. The van der Waals surface area contributed by atoms with Crippen molar-refractivity contribution in [3.63, 3.8) is 0 Å². The van der Waals surface area contributed by atoms with Crippen molar-refractivity contribution in [1.29, 1.82) is 0 Å². The second kappa shape index (κ2) is 4.68. The van der Waals surface area contributed by atoms with Crippen molar-refractivity contribution in [2.75, 3.05) is 7.11 Å². The van der Waals surface area contributed by atoms with Crippen LogP contribution in [0, 0.1) is 0 Å². The average molecular weight is 274 g/mol. The molecule has 2 rings (SSSR count). The highest BCUT2D eigenvalue weighted by Gasteiger charge is 2.24. The standard InChI is InChI=1S/C11H12ClNO3S/c1-16-11-4-2-3-10(12)9(11)7-13-17(14,15)8-5-6-8/h2-5,13H,6-7H2,1H3. The predicted molar refractivity (Wildman–Crippen MR) is 66.5 cm³/mol. The van der Waals surface area contributed by atoms with Gasteiger partial charge in [0.2, 0.25) is 10.0 Å². The zero-order valence-corrected chi connectivity index (χ0v) is 10.8. The molecule has 1 aliphatic carbocycles. The van der Waals surface area contributed by atoms with Crippen LogP contribution in [0.4, 0.5) is 0 Å². The van der Waals surface area contributed by atoms with Gasteiger partial charge in [0.1, 0.15) is 5.75 Å². The van der Waals surface area contributed by atoms with Gasteiger partial charge in [0.25, 0.3) is 0 Å². The van der Waals surface area contributed by atoms with Crippen LogP contribution in [0.15, 0.2) is 29.2 Å². The van der Waals surface area contributed by atoms with E-state index in [9.17, 15) is 8.42 Å². The van der Waals surface area contributed by atoms with Gasteiger partial charge in [0, 0.05) is 23.6 Å². The SMILES string of the molecule is COc1cccc(Cl)c1CNS(=O)(=O)C1=CC1. The lowest BCUT2D eigenvalue weighted by Crippen LogP contribution is -2.22. The quantitative estimate of drug-likeness (QED) is 0.893. The summed E-state index contributed by atoms with van der Waals surface area (Å²) in [6.45, 7) is 0.127. The molecule has 0 unspecified atom stereocenters. The Kier molecular flexibility index (Phi) is 3.42. The summed E-state index contributed by atoms with van der Waals surface area (Å²) in [5, 5.41) is 0.483. The molecule has 0 saturated heterocycles. The molecular weight excluding hydrogens is 262 g/mol. The van der Waals surface area contributed by atoms with Crippen molar-refractivity contribution in [3.05, 3.63) is 39.8 Å². The third kappa shape index (κ3) is 2.80. The van der Waals surface area contributed by atoms with Crippen molar-refractivity contribution in [1.82, 2.24) is 4.72 Å². The maximum absolute atomic E-state index is 11.6. The molecule has 0 amide bonds. The summed E-state index contributed by atoms with van der Waals surface area (Å²) in [6, 6.07) is 5.19. The van der Waals surface area contributed by atoms with Crippen LogP contribution in [0.1, 0.15) is 12.0 Å². The molecule has 0 radical (unpaired) electrons. The van der Waals surface area contributed by atoms with Gasteiger partial charge in [-0.1, -0.05) is 23.7 Å². The Bertz CT molecular complexity index is 566. The van der Waals surface area contributed by atoms with E-state index in [-0.39, 0.29) is 6.54 Å². The van der Waals surface area contributed by atoms with Gasteiger partial charge in [0.15, 0.2) is 0 Å². The molecular formula is C11H12ClNO3S. The zero-order valence-electron chi connectivity index (χ0n) is 9.23. The number of methoxy groups -OCH3 is 1. The van der Waals surface area contributed by atoms with E-state index in [2.05, 4.69) is 4.72 Å². The maximum atomic E-state index is 11.6. The van der Waals surface area contributed by atoms with Gasteiger partial charge in [0.05, 0.1) is 12.0 Å². The number of nitrogens with one attached hydrogen (secondary N) is 1. The normalized spacial score (nSPS) is 14.4. The van der Waals surface area contributed by atoms with Gasteiger partial charge in [-0.2, -0.15) is 0 Å². The Balaban J connectivity index is 2.16. The fourth-order valence-corrected chi connectivity index (χ4v) is 2.70. The zero-order chi connectivity index (χ0) is 12.5. The number of hydrogen-bond acceptors (Lipinski definition) is 3. The van der Waals surface area contributed by atoms with Crippen molar-refractivity contribution >= 4 is 21.6 Å². The minimum Gasteiger partial charge on any atom is -0.496 e. The molecule has 1 aliphatic rings. The Hall–Kier alpha value is -1.04. The van der Waals surface area contributed by atoms with E-state index in [1.54, 1.807) is 24.3 Å². The molecule has 0 heterocycles. The number of halogens is 1. The summed E-state index contributed by atoms with van der Waals surface area (Å²) in [4.78, 5) is 0.434. The highest BCUT2D eigenvalue weighted by Crippen LogP contribution is 2.28. The monoisotopic (exact) mass is 273 g/mol. The van der Waals surface area contributed by atoms with Crippen LogP contribution in [0.5, 0.6) is 5.75 Å². The summed E-state index contributed by atoms with van der Waals surface area (Å²) < 4.78 is 30.9. The Morgan fingerprint density at radius 3 is 2.76 bits per heavy atom. The molecule has 1 aromatic carbocycles. The van der Waals surface area contributed by atoms with Gasteiger partial charge in [-0.3, -0.25) is 0 Å². The molecule has 0 fully saturated rings. The lowest BCUT2D eigenvalue weighted by molar-refractivity contribution is 0.409. The summed E-state index contributed by atoms with van der Waals surface area (Å²) in [5.74, 6) is 0.574. The Morgan fingerprint density at radius 1 is 1.47 bits per heavy atom. The van der Waals surface area contributed by atoms with Gasteiger partial charge in [-0.05, 0) is 12.1 Å². The number of ether oxygens (including phenoxy) is 1. The molecule has 92 valence electrons. The van der Waals surface area contributed by atoms with Crippen molar-refractivity contribution < 1.29 is 13.2 Å². The fraction of sp³-hybridized carbons (Fsp3) is 0.273. The van der Waals surface area contributed by atoms with Crippen LogP contribution in [-0.2, 0) is 16.6 Å². The number of sulfonamides is 1. The van der Waals surface area contributed by atoms with Crippen LogP contribution in [0.3, 0.4) is 0 Å². The second-order valence-corrected chi connectivity index (χ2v) is 5.85. The van der Waals surface area contributed by atoms with E-state index in [1.165, 1.54) is 7.11 Å². The van der Waals surface area contributed by atoms with E-state index in [0.717, 1.165) is 0 Å². The fourth-order valence-electron chi connectivity index (χ4n) is 1.42. The van der Waals surface area contributed by atoms with Crippen LogP contribution < -0.4 is 9.46 Å². The molecule has 0 bridgehead atoms. The molecule has 4 nitrogen and oxygen atoms in total. The molecule has 0 atom stereocenters. The Morgan fingerprint density at radius 2 is 2.18 bits per heavy atom. The highest BCUT2D eigenvalue weighted by atomic mass is 35.5. The molecule has 1 N–H and O–H groups in total.